The topological polar surface area (TPSA) is 69.6 Å². The Balaban J connectivity index is 1.92. The van der Waals surface area contributed by atoms with Gasteiger partial charge in [-0.1, -0.05) is 11.6 Å². The van der Waals surface area contributed by atoms with E-state index in [9.17, 15) is 4.79 Å². The maximum atomic E-state index is 11.2. The third kappa shape index (κ3) is 3.74. The van der Waals surface area contributed by atoms with E-state index in [1.165, 1.54) is 4.90 Å². The summed E-state index contributed by atoms with van der Waals surface area (Å²) in [7, 11) is 0. The number of rotatable bonds is 1. The number of ether oxygens (including phenoxy) is 4. The first-order valence-electron chi connectivity index (χ1n) is 7.31. The van der Waals surface area contributed by atoms with Gasteiger partial charge in [-0.3, -0.25) is 14.7 Å². The van der Waals surface area contributed by atoms with Gasteiger partial charge in [0, 0.05) is 11.6 Å². The molecule has 1 aromatic rings. The highest BCUT2D eigenvalue weighted by atomic mass is 35.5. The van der Waals surface area contributed by atoms with Crippen LogP contribution in [0.5, 0.6) is 11.5 Å². The lowest BCUT2D eigenvalue weighted by Crippen LogP contribution is -2.27. The lowest BCUT2D eigenvalue weighted by Gasteiger charge is -2.25. The summed E-state index contributed by atoms with van der Waals surface area (Å²) in [4.78, 5) is 16.8. The molecule has 0 fully saturated rings. The van der Waals surface area contributed by atoms with Gasteiger partial charge in [-0.25, -0.2) is 0 Å². The second-order valence-electron chi connectivity index (χ2n) is 4.90. The third-order valence-electron chi connectivity index (χ3n) is 3.43. The van der Waals surface area contributed by atoms with E-state index in [2.05, 4.69) is 4.99 Å². The van der Waals surface area contributed by atoms with Crippen LogP contribution in [0, 0.1) is 0 Å². The number of fused-ring (bicyclic) bond motifs is 2. The molecule has 0 N–H and O–H groups in total. The van der Waals surface area contributed by atoms with Crippen molar-refractivity contribution in [2.75, 3.05) is 51.2 Å². The fourth-order valence-corrected chi connectivity index (χ4v) is 2.52. The maximum Gasteiger partial charge on any atom is 0.215 e. The molecule has 8 heteroatoms. The van der Waals surface area contributed by atoms with Crippen LogP contribution in [0.25, 0.3) is 0 Å². The summed E-state index contributed by atoms with van der Waals surface area (Å²) in [5, 5.41) is 0.343. The van der Waals surface area contributed by atoms with Crippen LogP contribution in [0.15, 0.2) is 17.1 Å². The number of hydrogen-bond donors (Lipinski definition) is 0. The first-order chi connectivity index (χ1) is 11.3. The third-order valence-corrected chi connectivity index (χ3v) is 3.75. The Bertz CT molecular complexity index is 608. The Morgan fingerprint density at radius 2 is 1.61 bits per heavy atom. The van der Waals surface area contributed by atoms with E-state index in [0.29, 0.717) is 74.0 Å². The number of hydrogen-bond acceptors (Lipinski definition) is 6. The maximum absolute atomic E-state index is 11.2. The summed E-state index contributed by atoms with van der Waals surface area (Å²) in [6.07, 6.45) is 0.714. The largest absolute Gasteiger partial charge is 0.487 e. The Labute approximate surface area is 138 Å². The zero-order valence-electron chi connectivity index (χ0n) is 12.5. The number of amides is 1. The zero-order valence-corrected chi connectivity index (χ0v) is 13.3. The molecule has 124 valence electrons. The fourth-order valence-electron chi connectivity index (χ4n) is 2.31. The van der Waals surface area contributed by atoms with E-state index in [4.69, 9.17) is 30.5 Å². The molecule has 2 aliphatic rings. The van der Waals surface area contributed by atoms with Crippen LogP contribution in [-0.2, 0) is 14.3 Å². The van der Waals surface area contributed by atoms with Crippen molar-refractivity contribution in [3.05, 3.63) is 17.7 Å². The smallest absolute Gasteiger partial charge is 0.215 e. The minimum absolute atomic E-state index is 0.186. The Kier molecular flexibility index (Phi) is 5.32. The van der Waals surface area contributed by atoms with Gasteiger partial charge < -0.3 is 18.9 Å². The highest BCUT2D eigenvalue weighted by Crippen LogP contribution is 2.37. The molecule has 23 heavy (non-hydrogen) atoms. The Hall–Kier alpha value is -1.83. The molecular weight excluding hydrogens is 324 g/mol. The summed E-state index contributed by atoms with van der Waals surface area (Å²) in [6, 6.07) is 3.47. The van der Waals surface area contributed by atoms with E-state index in [-0.39, 0.29) is 6.67 Å². The van der Waals surface area contributed by atoms with Crippen molar-refractivity contribution in [3.8, 4) is 11.5 Å². The average Bonchev–Trinajstić information content (AvgIpc) is 2.55. The summed E-state index contributed by atoms with van der Waals surface area (Å²) in [6.45, 7) is 2.87. The summed E-state index contributed by atoms with van der Waals surface area (Å²) in [5.41, 5.74) is 1.28. The number of benzene rings is 1. The molecule has 0 aliphatic carbocycles. The molecule has 1 aromatic carbocycles. The van der Waals surface area contributed by atoms with Gasteiger partial charge in [0.25, 0.3) is 0 Å². The van der Waals surface area contributed by atoms with Crippen molar-refractivity contribution in [2.45, 2.75) is 0 Å². The van der Waals surface area contributed by atoms with Crippen molar-refractivity contribution in [2.24, 2.45) is 4.99 Å². The van der Waals surface area contributed by atoms with Gasteiger partial charge >= 0.3 is 0 Å². The second kappa shape index (κ2) is 7.63. The van der Waals surface area contributed by atoms with E-state index < -0.39 is 0 Å². The summed E-state index contributed by atoms with van der Waals surface area (Å²) in [5.74, 6) is 1.07. The van der Waals surface area contributed by atoms with E-state index >= 15 is 0 Å². The number of aliphatic imine (C=N–C) groups is 1. The van der Waals surface area contributed by atoms with E-state index in [0.717, 1.165) is 0 Å². The van der Waals surface area contributed by atoms with Crippen LogP contribution in [0.1, 0.15) is 5.56 Å². The number of anilines is 1. The number of carbonyl (C=O) groups excluding carboxylic acids is 1. The molecule has 2 aliphatic heterocycles. The van der Waals surface area contributed by atoms with E-state index in [1.807, 2.05) is 0 Å². The van der Waals surface area contributed by atoms with Crippen LogP contribution in [0.3, 0.4) is 0 Å². The number of halogens is 1. The minimum Gasteiger partial charge on any atom is -0.487 e. The first-order valence-corrected chi connectivity index (χ1v) is 7.69. The molecule has 0 saturated heterocycles. The monoisotopic (exact) mass is 340 g/mol. The Morgan fingerprint density at radius 3 is 2.26 bits per heavy atom. The predicted molar refractivity (Wildman–Crippen MR) is 84.9 cm³/mol. The average molecular weight is 341 g/mol. The van der Waals surface area contributed by atoms with Crippen LogP contribution in [-0.4, -0.2) is 57.9 Å². The molecule has 7 nitrogen and oxygen atoms in total. The summed E-state index contributed by atoms with van der Waals surface area (Å²) >= 11 is 6.16. The van der Waals surface area contributed by atoms with Gasteiger partial charge in [-0.05, 0) is 6.07 Å². The minimum atomic E-state index is 0.186. The molecule has 0 bridgehead atoms. The van der Waals surface area contributed by atoms with Gasteiger partial charge in [0.05, 0.1) is 32.1 Å². The molecule has 0 spiro atoms. The molecular formula is C15H17ClN2O5. The molecule has 2 heterocycles. The molecule has 0 unspecified atom stereocenters. The predicted octanol–water partition coefficient (Wildman–Crippen LogP) is 1.41. The van der Waals surface area contributed by atoms with Gasteiger partial charge in [0.15, 0.2) is 11.5 Å². The zero-order chi connectivity index (χ0) is 16.1. The molecule has 0 radical (unpaired) electrons. The van der Waals surface area contributed by atoms with E-state index in [1.54, 1.807) is 12.1 Å². The van der Waals surface area contributed by atoms with Gasteiger partial charge in [0.1, 0.15) is 25.1 Å². The highest BCUT2D eigenvalue weighted by Gasteiger charge is 2.22. The first kappa shape index (κ1) is 16.0. The molecule has 0 aromatic heterocycles. The Morgan fingerprint density at radius 1 is 1.00 bits per heavy atom. The highest BCUT2D eigenvalue weighted by molar-refractivity contribution is 6.70. The van der Waals surface area contributed by atoms with Crippen LogP contribution in [0.4, 0.5) is 5.69 Å². The quantitative estimate of drug-likeness (QED) is 0.723. The number of nitrogens with zero attached hydrogens (tertiary/aromatic N) is 2. The fraction of sp³-hybridized carbons (Fsp3) is 0.467. The van der Waals surface area contributed by atoms with Crippen molar-refractivity contribution >= 4 is 28.9 Å². The standard InChI is InChI=1S/C15H17ClN2O5/c16-15-11-7-13-14(8-12(11)18(10-19)9-17-15)23-6-4-21-2-1-20-3-5-22-13/h7-8,10H,1-6,9H2. The second-order valence-corrected chi connectivity index (χ2v) is 5.26. The van der Waals surface area contributed by atoms with Crippen LogP contribution in [0.2, 0.25) is 0 Å². The van der Waals surface area contributed by atoms with Crippen LogP contribution >= 0.6 is 11.6 Å². The SMILES string of the molecule is O=CN1CN=C(Cl)c2cc3c(cc21)OCCOCCOCCO3. The number of carbonyl (C=O) groups is 1. The molecule has 3 rings (SSSR count). The van der Waals surface area contributed by atoms with Crippen molar-refractivity contribution in [3.63, 3.8) is 0 Å². The van der Waals surface area contributed by atoms with Gasteiger partial charge in [-0.2, -0.15) is 0 Å². The van der Waals surface area contributed by atoms with Crippen LogP contribution < -0.4 is 14.4 Å². The lowest BCUT2D eigenvalue weighted by molar-refractivity contribution is -0.107. The van der Waals surface area contributed by atoms with Crippen molar-refractivity contribution in [1.82, 2.24) is 0 Å². The normalized spacial score (nSPS) is 19.0. The van der Waals surface area contributed by atoms with Crippen molar-refractivity contribution in [1.29, 1.82) is 0 Å². The summed E-state index contributed by atoms with van der Waals surface area (Å²) < 4.78 is 22.3. The lowest BCUT2D eigenvalue weighted by atomic mass is 10.1. The van der Waals surface area contributed by atoms with Gasteiger partial charge in [0.2, 0.25) is 6.41 Å². The molecule has 0 atom stereocenters. The van der Waals surface area contributed by atoms with Crippen molar-refractivity contribution < 1.29 is 23.7 Å². The molecule has 0 saturated carbocycles. The van der Waals surface area contributed by atoms with Gasteiger partial charge in [-0.15, -0.1) is 0 Å². The molecule has 1 amide bonds.